The predicted molar refractivity (Wildman–Crippen MR) is 82.4 cm³/mol. The van der Waals surface area contributed by atoms with E-state index >= 15 is 0 Å². The number of hydrogen-bond donors (Lipinski definition) is 0. The summed E-state index contributed by atoms with van der Waals surface area (Å²) in [6.07, 6.45) is 2.31. The van der Waals surface area contributed by atoms with E-state index in [-0.39, 0.29) is 5.82 Å². The van der Waals surface area contributed by atoms with Crippen molar-refractivity contribution in [1.82, 2.24) is 4.90 Å². The molecule has 0 aliphatic carbocycles. The zero-order chi connectivity index (χ0) is 14.7. The molecule has 0 bridgehead atoms. The molecule has 0 radical (unpaired) electrons. The second-order valence-corrected chi connectivity index (χ2v) is 5.67. The second kappa shape index (κ2) is 6.27. The van der Waals surface area contributed by atoms with E-state index in [1.165, 1.54) is 17.7 Å². The van der Waals surface area contributed by atoms with Gasteiger partial charge in [-0.1, -0.05) is 18.2 Å². The maximum absolute atomic E-state index is 13.0. The number of halogens is 1. The highest BCUT2D eigenvalue weighted by Crippen LogP contribution is 2.35. The lowest BCUT2D eigenvalue weighted by Gasteiger charge is -2.30. The molecule has 110 valence electrons. The number of hydrogen-bond acceptors (Lipinski definition) is 2. The Bertz CT molecular complexity index is 588. The van der Waals surface area contributed by atoms with E-state index in [1.54, 1.807) is 12.1 Å². The lowest BCUT2D eigenvalue weighted by molar-refractivity contribution is 0.253. The summed E-state index contributed by atoms with van der Waals surface area (Å²) in [6.45, 7) is 2.24. The number of likely N-dealkylation sites (tertiary alicyclic amines) is 1. The van der Waals surface area contributed by atoms with Gasteiger partial charge in [0.05, 0.1) is 0 Å². The van der Waals surface area contributed by atoms with Crippen molar-refractivity contribution in [1.29, 1.82) is 0 Å². The first kappa shape index (κ1) is 14.1. The van der Waals surface area contributed by atoms with Crippen molar-refractivity contribution in [3.8, 4) is 11.5 Å². The number of benzene rings is 2. The van der Waals surface area contributed by atoms with Crippen molar-refractivity contribution in [2.24, 2.45) is 0 Å². The lowest BCUT2D eigenvalue weighted by Crippen LogP contribution is -2.29. The molecule has 2 nitrogen and oxygen atoms in total. The third-order valence-electron chi connectivity index (χ3n) is 4.12. The predicted octanol–water partition coefficient (Wildman–Crippen LogP) is 4.43. The van der Waals surface area contributed by atoms with Gasteiger partial charge in [0.2, 0.25) is 0 Å². The Hall–Kier alpha value is -1.87. The molecule has 0 atom stereocenters. The van der Waals surface area contributed by atoms with Crippen LogP contribution in [0, 0.1) is 5.82 Å². The van der Waals surface area contributed by atoms with Crippen LogP contribution in [-0.2, 0) is 0 Å². The summed E-state index contributed by atoms with van der Waals surface area (Å²) < 4.78 is 18.9. The summed E-state index contributed by atoms with van der Waals surface area (Å²) >= 11 is 0. The summed E-state index contributed by atoms with van der Waals surface area (Å²) in [5.41, 5.74) is 1.26. The number of nitrogens with zero attached hydrogens (tertiary/aromatic N) is 1. The number of piperidine rings is 1. The normalized spacial score (nSPS) is 16.9. The molecule has 1 aliphatic rings. The van der Waals surface area contributed by atoms with E-state index in [0.717, 1.165) is 31.7 Å². The quantitative estimate of drug-likeness (QED) is 0.827. The molecule has 21 heavy (non-hydrogen) atoms. The summed E-state index contributed by atoms with van der Waals surface area (Å²) in [5.74, 6) is 1.86. The highest BCUT2D eigenvalue weighted by molar-refractivity contribution is 5.40. The zero-order valence-electron chi connectivity index (χ0n) is 12.3. The summed E-state index contributed by atoms with van der Waals surface area (Å²) in [4.78, 5) is 2.36. The Labute approximate surface area is 125 Å². The van der Waals surface area contributed by atoms with E-state index in [4.69, 9.17) is 4.74 Å². The van der Waals surface area contributed by atoms with Crippen molar-refractivity contribution in [3.05, 3.63) is 59.9 Å². The molecule has 3 heteroatoms. The number of para-hydroxylation sites is 1. The molecule has 1 heterocycles. The average molecular weight is 285 g/mol. The van der Waals surface area contributed by atoms with E-state index in [2.05, 4.69) is 24.1 Å². The first-order valence-electron chi connectivity index (χ1n) is 7.43. The minimum atomic E-state index is -0.244. The van der Waals surface area contributed by atoms with Crippen LogP contribution in [0.15, 0.2) is 48.5 Å². The van der Waals surface area contributed by atoms with Crippen LogP contribution in [-0.4, -0.2) is 25.0 Å². The molecule has 1 saturated heterocycles. The van der Waals surface area contributed by atoms with Crippen molar-refractivity contribution >= 4 is 0 Å². The van der Waals surface area contributed by atoms with Crippen molar-refractivity contribution in [2.45, 2.75) is 18.8 Å². The molecule has 0 saturated carbocycles. The summed E-state index contributed by atoms with van der Waals surface area (Å²) in [5, 5.41) is 0. The van der Waals surface area contributed by atoms with Gasteiger partial charge >= 0.3 is 0 Å². The Balaban J connectivity index is 1.80. The van der Waals surface area contributed by atoms with Crippen LogP contribution >= 0.6 is 0 Å². The molecule has 0 aromatic heterocycles. The lowest BCUT2D eigenvalue weighted by atomic mass is 9.89. The minimum Gasteiger partial charge on any atom is -0.457 e. The standard InChI is InChI=1S/C18H20FNO/c1-20-12-10-14(11-13-20)17-4-2-3-5-18(17)21-16-8-6-15(19)7-9-16/h2-9,14H,10-13H2,1H3. The third kappa shape index (κ3) is 3.42. The van der Waals surface area contributed by atoms with Gasteiger partial charge in [0.15, 0.2) is 0 Å². The van der Waals surface area contributed by atoms with Crippen molar-refractivity contribution < 1.29 is 9.13 Å². The minimum absolute atomic E-state index is 0.244. The Kier molecular flexibility index (Phi) is 4.20. The Morgan fingerprint density at radius 3 is 2.38 bits per heavy atom. The highest BCUT2D eigenvalue weighted by Gasteiger charge is 2.21. The molecule has 1 fully saturated rings. The summed E-state index contributed by atoms with van der Waals surface area (Å²) in [6, 6.07) is 14.4. The molecule has 3 rings (SSSR count). The van der Waals surface area contributed by atoms with Gasteiger partial charge in [0.25, 0.3) is 0 Å². The monoisotopic (exact) mass is 285 g/mol. The maximum Gasteiger partial charge on any atom is 0.130 e. The van der Waals surface area contributed by atoms with Crippen LogP contribution in [0.2, 0.25) is 0 Å². The van der Waals surface area contributed by atoms with Crippen LogP contribution in [0.5, 0.6) is 11.5 Å². The van der Waals surface area contributed by atoms with E-state index in [0.29, 0.717) is 11.7 Å². The fourth-order valence-corrected chi connectivity index (χ4v) is 2.86. The van der Waals surface area contributed by atoms with Gasteiger partial charge in [-0.05, 0) is 74.8 Å². The molecule has 0 spiro atoms. The van der Waals surface area contributed by atoms with Crippen LogP contribution in [0.4, 0.5) is 4.39 Å². The van der Waals surface area contributed by atoms with Crippen LogP contribution in [0.3, 0.4) is 0 Å². The van der Waals surface area contributed by atoms with Gasteiger partial charge in [-0.3, -0.25) is 0 Å². The molecule has 2 aromatic carbocycles. The Morgan fingerprint density at radius 2 is 1.67 bits per heavy atom. The molecule has 0 amide bonds. The zero-order valence-corrected chi connectivity index (χ0v) is 12.3. The van der Waals surface area contributed by atoms with Gasteiger partial charge < -0.3 is 9.64 Å². The largest absolute Gasteiger partial charge is 0.457 e. The molecule has 0 N–H and O–H groups in total. The topological polar surface area (TPSA) is 12.5 Å². The van der Waals surface area contributed by atoms with Gasteiger partial charge in [-0.15, -0.1) is 0 Å². The van der Waals surface area contributed by atoms with E-state index in [1.807, 2.05) is 12.1 Å². The van der Waals surface area contributed by atoms with Crippen molar-refractivity contribution in [2.75, 3.05) is 20.1 Å². The molecular formula is C18H20FNO. The SMILES string of the molecule is CN1CCC(c2ccccc2Oc2ccc(F)cc2)CC1. The Morgan fingerprint density at radius 1 is 1.00 bits per heavy atom. The van der Waals surface area contributed by atoms with Crippen LogP contribution in [0.25, 0.3) is 0 Å². The van der Waals surface area contributed by atoms with Crippen molar-refractivity contribution in [3.63, 3.8) is 0 Å². The number of ether oxygens (including phenoxy) is 1. The van der Waals surface area contributed by atoms with Gasteiger partial charge in [-0.2, -0.15) is 0 Å². The average Bonchev–Trinajstić information content (AvgIpc) is 2.51. The molecule has 1 aliphatic heterocycles. The fraction of sp³-hybridized carbons (Fsp3) is 0.333. The van der Waals surface area contributed by atoms with E-state index in [9.17, 15) is 4.39 Å². The smallest absolute Gasteiger partial charge is 0.130 e. The molecular weight excluding hydrogens is 265 g/mol. The fourth-order valence-electron chi connectivity index (χ4n) is 2.86. The maximum atomic E-state index is 13.0. The van der Waals surface area contributed by atoms with Crippen LogP contribution < -0.4 is 4.74 Å². The third-order valence-corrected chi connectivity index (χ3v) is 4.12. The van der Waals surface area contributed by atoms with E-state index < -0.39 is 0 Å². The van der Waals surface area contributed by atoms with Gasteiger partial charge in [0.1, 0.15) is 17.3 Å². The first-order valence-corrected chi connectivity index (χ1v) is 7.43. The van der Waals surface area contributed by atoms with Gasteiger partial charge in [-0.25, -0.2) is 4.39 Å². The summed E-state index contributed by atoms with van der Waals surface area (Å²) in [7, 11) is 2.16. The molecule has 2 aromatic rings. The number of rotatable bonds is 3. The first-order chi connectivity index (χ1) is 10.2. The van der Waals surface area contributed by atoms with Gasteiger partial charge in [0, 0.05) is 0 Å². The highest BCUT2D eigenvalue weighted by atomic mass is 19.1. The van der Waals surface area contributed by atoms with Crippen LogP contribution in [0.1, 0.15) is 24.3 Å². The second-order valence-electron chi connectivity index (χ2n) is 5.67. The molecule has 0 unspecified atom stereocenters.